The topological polar surface area (TPSA) is 41.5 Å². The molecule has 0 atom stereocenters. The van der Waals surface area contributed by atoms with Crippen molar-refractivity contribution in [3.63, 3.8) is 0 Å². The van der Waals surface area contributed by atoms with Gasteiger partial charge in [0.15, 0.2) is 0 Å². The largest absolute Gasteiger partial charge is 0.379 e. The van der Waals surface area contributed by atoms with E-state index in [9.17, 15) is 0 Å². The lowest BCUT2D eigenvalue weighted by Gasteiger charge is -2.26. The second-order valence-corrected chi connectivity index (χ2v) is 6.74. The van der Waals surface area contributed by atoms with Gasteiger partial charge in [0.1, 0.15) is 11.6 Å². The van der Waals surface area contributed by atoms with Crippen molar-refractivity contribution < 1.29 is 4.74 Å². The van der Waals surface area contributed by atoms with Crippen LogP contribution in [0.5, 0.6) is 0 Å². The van der Waals surface area contributed by atoms with Crippen LogP contribution in [0, 0.1) is 6.92 Å². The number of aromatic nitrogens is 2. The number of ether oxygens (including phenoxy) is 1. The predicted molar refractivity (Wildman–Crippen MR) is 93.0 cm³/mol. The number of rotatable bonds is 5. The van der Waals surface area contributed by atoms with E-state index in [-0.39, 0.29) is 0 Å². The van der Waals surface area contributed by atoms with Crippen molar-refractivity contribution in [1.29, 1.82) is 0 Å². The fraction of sp³-hybridized carbons (Fsp3) is 0.778. The van der Waals surface area contributed by atoms with Crippen molar-refractivity contribution in [1.82, 2.24) is 14.9 Å². The highest BCUT2D eigenvalue weighted by Gasteiger charge is 2.14. The van der Waals surface area contributed by atoms with E-state index >= 15 is 0 Å². The summed E-state index contributed by atoms with van der Waals surface area (Å²) in [6.07, 6.45) is 7.38. The Morgan fingerprint density at radius 1 is 1.00 bits per heavy atom. The van der Waals surface area contributed by atoms with E-state index in [1.165, 1.54) is 25.7 Å². The van der Waals surface area contributed by atoms with Crippen LogP contribution in [0.25, 0.3) is 0 Å². The monoisotopic (exact) mass is 318 g/mol. The quantitative estimate of drug-likeness (QED) is 0.834. The molecular formula is C18H30N4O. The molecule has 0 aliphatic carbocycles. The van der Waals surface area contributed by atoms with Crippen LogP contribution < -0.4 is 4.90 Å². The fourth-order valence-corrected chi connectivity index (χ4v) is 3.47. The van der Waals surface area contributed by atoms with E-state index in [4.69, 9.17) is 9.72 Å². The summed E-state index contributed by atoms with van der Waals surface area (Å²) in [6.45, 7) is 9.38. The Morgan fingerprint density at radius 2 is 1.74 bits per heavy atom. The predicted octanol–water partition coefficient (Wildman–Crippen LogP) is 2.43. The lowest BCUT2D eigenvalue weighted by molar-refractivity contribution is 0.0374. The number of nitrogens with zero attached hydrogens (tertiary/aromatic N) is 4. The first-order valence-electron chi connectivity index (χ1n) is 9.21. The van der Waals surface area contributed by atoms with Gasteiger partial charge in [-0.1, -0.05) is 12.8 Å². The van der Waals surface area contributed by atoms with Crippen LogP contribution in [0.1, 0.15) is 43.6 Å². The molecule has 0 amide bonds. The van der Waals surface area contributed by atoms with Crippen molar-refractivity contribution in [3.05, 3.63) is 17.6 Å². The molecule has 3 rings (SSSR count). The summed E-state index contributed by atoms with van der Waals surface area (Å²) >= 11 is 0. The first kappa shape index (κ1) is 16.7. The third-order valence-corrected chi connectivity index (χ3v) is 4.80. The second kappa shape index (κ2) is 8.60. The molecule has 0 aromatic carbocycles. The van der Waals surface area contributed by atoms with Gasteiger partial charge in [0.2, 0.25) is 0 Å². The molecule has 2 aliphatic rings. The first-order valence-corrected chi connectivity index (χ1v) is 9.21. The van der Waals surface area contributed by atoms with E-state index in [1.807, 2.05) is 0 Å². The lowest BCUT2D eigenvalue weighted by Crippen LogP contribution is -2.37. The van der Waals surface area contributed by atoms with Crippen LogP contribution in [0.2, 0.25) is 0 Å². The third-order valence-electron chi connectivity index (χ3n) is 4.80. The van der Waals surface area contributed by atoms with Crippen LogP contribution in [-0.2, 0) is 11.2 Å². The molecule has 128 valence electrons. The molecule has 0 radical (unpaired) electrons. The van der Waals surface area contributed by atoms with Gasteiger partial charge in [-0.25, -0.2) is 9.97 Å². The average Bonchev–Trinajstić information content (AvgIpc) is 2.85. The van der Waals surface area contributed by atoms with Crippen LogP contribution in [-0.4, -0.2) is 60.8 Å². The summed E-state index contributed by atoms with van der Waals surface area (Å²) in [5.74, 6) is 2.15. The van der Waals surface area contributed by atoms with Gasteiger partial charge in [0, 0.05) is 44.4 Å². The highest BCUT2D eigenvalue weighted by atomic mass is 16.5. The van der Waals surface area contributed by atoms with Crippen LogP contribution in [0.4, 0.5) is 5.82 Å². The molecule has 0 N–H and O–H groups in total. The van der Waals surface area contributed by atoms with E-state index in [0.29, 0.717) is 0 Å². The summed E-state index contributed by atoms with van der Waals surface area (Å²) in [6, 6.07) is 2.15. The van der Waals surface area contributed by atoms with Gasteiger partial charge < -0.3 is 9.64 Å². The standard InChI is InChI=1S/C18H30N4O/c1-16-15-18(22-9-4-2-3-5-10-22)20-17(19-16)7-6-8-21-11-13-23-14-12-21/h15H,2-14H2,1H3. The van der Waals surface area contributed by atoms with Crippen LogP contribution in [0.3, 0.4) is 0 Å². The van der Waals surface area contributed by atoms with Crippen molar-refractivity contribution in [3.8, 4) is 0 Å². The molecule has 2 saturated heterocycles. The summed E-state index contributed by atoms with van der Waals surface area (Å²) in [7, 11) is 0. The van der Waals surface area contributed by atoms with Gasteiger partial charge in [0.25, 0.3) is 0 Å². The molecule has 2 aliphatic heterocycles. The van der Waals surface area contributed by atoms with Gasteiger partial charge in [0.05, 0.1) is 13.2 Å². The Balaban J connectivity index is 1.56. The van der Waals surface area contributed by atoms with E-state index in [1.54, 1.807) is 0 Å². The van der Waals surface area contributed by atoms with E-state index in [0.717, 1.165) is 76.1 Å². The average molecular weight is 318 g/mol. The lowest BCUT2D eigenvalue weighted by atomic mass is 10.2. The first-order chi connectivity index (χ1) is 11.3. The summed E-state index contributed by atoms with van der Waals surface area (Å²) in [4.78, 5) is 14.4. The molecule has 1 aromatic heterocycles. The molecule has 3 heterocycles. The molecule has 0 spiro atoms. The molecule has 0 bridgehead atoms. The maximum atomic E-state index is 5.40. The minimum absolute atomic E-state index is 0.875. The molecule has 0 unspecified atom stereocenters. The Kier molecular flexibility index (Phi) is 6.22. The third kappa shape index (κ3) is 5.15. The molecule has 2 fully saturated rings. The highest BCUT2D eigenvalue weighted by molar-refractivity contribution is 5.39. The molecular weight excluding hydrogens is 288 g/mol. The van der Waals surface area contributed by atoms with Crippen LogP contribution in [0.15, 0.2) is 6.07 Å². The summed E-state index contributed by atoms with van der Waals surface area (Å²) in [5.41, 5.74) is 1.10. The number of hydrogen-bond donors (Lipinski definition) is 0. The van der Waals surface area contributed by atoms with Gasteiger partial charge in [-0.15, -0.1) is 0 Å². The smallest absolute Gasteiger partial charge is 0.132 e. The Morgan fingerprint density at radius 3 is 2.48 bits per heavy atom. The number of anilines is 1. The maximum absolute atomic E-state index is 5.40. The minimum atomic E-state index is 0.875. The SMILES string of the molecule is Cc1cc(N2CCCCCC2)nc(CCCN2CCOCC2)n1. The number of hydrogen-bond acceptors (Lipinski definition) is 5. The normalized spacial score (nSPS) is 20.5. The van der Waals surface area contributed by atoms with Gasteiger partial charge in [-0.2, -0.15) is 0 Å². The van der Waals surface area contributed by atoms with Crippen molar-refractivity contribution >= 4 is 5.82 Å². The van der Waals surface area contributed by atoms with Crippen molar-refractivity contribution in [2.24, 2.45) is 0 Å². The molecule has 23 heavy (non-hydrogen) atoms. The van der Waals surface area contributed by atoms with Gasteiger partial charge >= 0.3 is 0 Å². The Labute approximate surface area is 140 Å². The van der Waals surface area contributed by atoms with E-state index in [2.05, 4.69) is 27.8 Å². The fourth-order valence-electron chi connectivity index (χ4n) is 3.47. The zero-order valence-electron chi connectivity index (χ0n) is 14.5. The molecule has 5 nitrogen and oxygen atoms in total. The Hall–Kier alpha value is -1.20. The minimum Gasteiger partial charge on any atom is -0.379 e. The van der Waals surface area contributed by atoms with Gasteiger partial charge in [-0.3, -0.25) is 4.90 Å². The van der Waals surface area contributed by atoms with E-state index < -0.39 is 0 Å². The Bertz CT molecular complexity index is 480. The molecule has 1 aromatic rings. The second-order valence-electron chi connectivity index (χ2n) is 6.74. The number of morpholine rings is 1. The summed E-state index contributed by atoms with van der Waals surface area (Å²) < 4.78 is 5.40. The number of aryl methyl sites for hydroxylation is 2. The maximum Gasteiger partial charge on any atom is 0.132 e. The summed E-state index contributed by atoms with van der Waals surface area (Å²) in [5, 5.41) is 0. The zero-order chi connectivity index (χ0) is 15.9. The van der Waals surface area contributed by atoms with Crippen molar-refractivity contribution in [2.75, 3.05) is 50.8 Å². The van der Waals surface area contributed by atoms with Crippen molar-refractivity contribution in [2.45, 2.75) is 45.4 Å². The van der Waals surface area contributed by atoms with Gasteiger partial charge in [-0.05, 0) is 32.7 Å². The zero-order valence-corrected chi connectivity index (χ0v) is 14.5. The molecule has 0 saturated carbocycles. The van der Waals surface area contributed by atoms with Crippen LogP contribution >= 0.6 is 0 Å². The molecule has 5 heteroatoms. The highest BCUT2D eigenvalue weighted by Crippen LogP contribution is 2.18.